The molecule has 3 aliphatic rings. The van der Waals surface area contributed by atoms with Crippen molar-refractivity contribution < 1.29 is 24.2 Å². The summed E-state index contributed by atoms with van der Waals surface area (Å²) in [5.74, 6) is -1.91. The molecule has 37 heavy (non-hydrogen) atoms. The smallest absolute Gasteiger partial charge is 0.310 e. The largest absolute Gasteiger partial charge is 0.466 e. The first-order valence-electron chi connectivity index (χ1n) is 13.1. The number of carbonyl (C=O) groups is 3. The molecule has 0 radical (unpaired) electrons. The minimum atomic E-state index is -0.819. The van der Waals surface area contributed by atoms with Gasteiger partial charge < -0.3 is 20.1 Å². The first kappa shape index (κ1) is 26.0. The van der Waals surface area contributed by atoms with Crippen LogP contribution in [0.25, 0.3) is 11.0 Å². The molecule has 1 aromatic heterocycles. The second kappa shape index (κ2) is 9.90. The Labute approximate surface area is 220 Å². The van der Waals surface area contributed by atoms with Crippen LogP contribution in [0.4, 0.5) is 0 Å². The quantitative estimate of drug-likeness (QED) is 0.471. The van der Waals surface area contributed by atoms with E-state index in [0.717, 1.165) is 17.5 Å². The van der Waals surface area contributed by atoms with Crippen LogP contribution in [0.2, 0.25) is 0 Å². The van der Waals surface area contributed by atoms with E-state index >= 15 is 0 Å². The Morgan fingerprint density at radius 1 is 1.32 bits per heavy atom. The number of thioether (sulfide) groups is 1. The number of aliphatic hydroxyl groups excluding tert-OH is 1. The van der Waals surface area contributed by atoms with Crippen molar-refractivity contribution in [2.75, 3.05) is 13.2 Å². The number of amides is 2. The Kier molecular flexibility index (Phi) is 6.95. The molecule has 0 aliphatic carbocycles. The van der Waals surface area contributed by atoms with Crippen LogP contribution in [0, 0.1) is 23.7 Å². The van der Waals surface area contributed by atoms with Crippen molar-refractivity contribution in [2.24, 2.45) is 23.7 Å². The molecule has 7 atom stereocenters. The molecule has 2 amide bonds. The second-order valence-electron chi connectivity index (χ2n) is 10.8. The molecular weight excluding hydrogens is 494 g/mol. The number of fused-ring (bicyclic) bond motifs is 2. The highest BCUT2D eigenvalue weighted by molar-refractivity contribution is 8.02. The monoisotopic (exact) mass is 529 g/mol. The third-order valence-corrected chi connectivity index (χ3v) is 10.2. The van der Waals surface area contributed by atoms with Gasteiger partial charge in [-0.25, -0.2) is 4.68 Å². The summed E-state index contributed by atoms with van der Waals surface area (Å²) in [7, 11) is 0. The lowest BCUT2D eigenvalue weighted by Crippen LogP contribution is -2.58. The van der Waals surface area contributed by atoms with E-state index in [9.17, 15) is 19.5 Å². The normalized spacial score (nSPS) is 31.2. The number of hydrogen-bond acceptors (Lipinski definition) is 8. The lowest BCUT2D eigenvalue weighted by atomic mass is 9.66. The van der Waals surface area contributed by atoms with E-state index in [1.807, 2.05) is 38.1 Å². The zero-order valence-corrected chi connectivity index (χ0v) is 22.5. The standard InChI is InChI=1S/C26H35N5O5S/c1-5-36-25(35)20-19-11-15(4)26(37-19)21(20)24(34)31(16(12-32)10-14(2)3)22(26)23(33)27-13-30-18-9-7-6-8-17(18)28-29-30/h6-9,14-16,19-22,32H,5,10-13H2,1-4H3,(H,27,33)/t15?,16-,19-,20+,21+,22?,26?/m1/s1. The lowest BCUT2D eigenvalue weighted by molar-refractivity contribution is -0.154. The summed E-state index contributed by atoms with van der Waals surface area (Å²) in [5.41, 5.74) is 1.51. The van der Waals surface area contributed by atoms with Gasteiger partial charge in [-0.05, 0) is 43.7 Å². The fourth-order valence-electron chi connectivity index (χ4n) is 6.76. The molecule has 3 fully saturated rings. The van der Waals surface area contributed by atoms with Crippen LogP contribution in [0.1, 0.15) is 40.5 Å². The number of esters is 1. The van der Waals surface area contributed by atoms with E-state index in [1.165, 1.54) is 0 Å². The minimum absolute atomic E-state index is 0.0356. The summed E-state index contributed by atoms with van der Waals surface area (Å²) in [6.07, 6.45) is 1.28. The molecule has 0 saturated carbocycles. The maximum absolute atomic E-state index is 14.1. The number of nitrogens with zero attached hydrogens (tertiary/aromatic N) is 4. The maximum Gasteiger partial charge on any atom is 0.310 e. The molecule has 5 rings (SSSR count). The van der Waals surface area contributed by atoms with Gasteiger partial charge in [0.05, 0.1) is 41.4 Å². The highest BCUT2D eigenvalue weighted by Gasteiger charge is 2.76. The molecule has 11 heteroatoms. The van der Waals surface area contributed by atoms with Gasteiger partial charge in [0.25, 0.3) is 0 Å². The molecule has 2 aromatic rings. The van der Waals surface area contributed by atoms with Crippen molar-refractivity contribution in [3.8, 4) is 0 Å². The Morgan fingerprint density at radius 2 is 2.08 bits per heavy atom. The van der Waals surface area contributed by atoms with Crippen LogP contribution in [0.15, 0.2) is 24.3 Å². The van der Waals surface area contributed by atoms with Gasteiger partial charge >= 0.3 is 5.97 Å². The van der Waals surface area contributed by atoms with Crippen molar-refractivity contribution >= 4 is 40.6 Å². The number of hydrogen-bond donors (Lipinski definition) is 2. The van der Waals surface area contributed by atoms with E-state index in [0.29, 0.717) is 6.42 Å². The average Bonchev–Trinajstić information content (AvgIpc) is 3.58. The second-order valence-corrected chi connectivity index (χ2v) is 12.3. The highest BCUT2D eigenvalue weighted by atomic mass is 32.2. The molecule has 3 aliphatic heterocycles. The first-order chi connectivity index (χ1) is 17.7. The Hall–Kier alpha value is -2.66. The number of carbonyl (C=O) groups excluding carboxylic acids is 3. The van der Waals surface area contributed by atoms with Gasteiger partial charge in [-0.1, -0.05) is 38.1 Å². The number of likely N-dealkylation sites (tertiary alicyclic amines) is 1. The van der Waals surface area contributed by atoms with Crippen LogP contribution >= 0.6 is 11.8 Å². The number of para-hydroxylation sites is 1. The zero-order chi connectivity index (χ0) is 26.5. The molecule has 3 saturated heterocycles. The Bertz CT molecular complexity index is 1200. The third-order valence-electron chi connectivity index (χ3n) is 8.16. The fourth-order valence-corrected chi connectivity index (χ4v) is 9.16. The van der Waals surface area contributed by atoms with Crippen molar-refractivity contribution in [1.82, 2.24) is 25.2 Å². The predicted octanol–water partition coefficient (Wildman–Crippen LogP) is 1.81. The summed E-state index contributed by atoms with van der Waals surface area (Å²) in [6.45, 7) is 7.96. The molecule has 200 valence electrons. The molecule has 2 bridgehead atoms. The van der Waals surface area contributed by atoms with Crippen molar-refractivity contribution in [1.29, 1.82) is 0 Å². The summed E-state index contributed by atoms with van der Waals surface area (Å²) in [6, 6.07) is 6.15. The first-order valence-corrected chi connectivity index (χ1v) is 14.0. The topological polar surface area (TPSA) is 127 Å². The van der Waals surface area contributed by atoms with Crippen molar-refractivity contribution in [2.45, 2.75) is 69.3 Å². The van der Waals surface area contributed by atoms with Gasteiger partial charge in [0.1, 0.15) is 18.2 Å². The maximum atomic E-state index is 14.1. The number of ether oxygens (including phenoxy) is 1. The van der Waals surface area contributed by atoms with Gasteiger partial charge in [-0.2, -0.15) is 0 Å². The van der Waals surface area contributed by atoms with E-state index in [1.54, 1.807) is 28.3 Å². The predicted molar refractivity (Wildman–Crippen MR) is 138 cm³/mol. The molecule has 2 N–H and O–H groups in total. The van der Waals surface area contributed by atoms with Gasteiger partial charge in [-0.15, -0.1) is 16.9 Å². The molecule has 10 nitrogen and oxygen atoms in total. The van der Waals surface area contributed by atoms with Crippen LogP contribution in [0.3, 0.4) is 0 Å². The lowest BCUT2D eigenvalue weighted by Gasteiger charge is -2.40. The fraction of sp³-hybridized carbons (Fsp3) is 0.654. The molecule has 1 spiro atoms. The van der Waals surface area contributed by atoms with Crippen LogP contribution < -0.4 is 5.32 Å². The number of aromatic nitrogens is 3. The molecule has 4 heterocycles. The van der Waals surface area contributed by atoms with Gasteiger partial charge in [0, 0.05) is 5.25 Å². The summed E-state index contributed by atoms with van der Waals surface area (Å²) in [4.78, 5) is 42.8. The summed E-state index contributed by atoms with van der Waals surface area (Å²) in [5, 5.41) is 21.6. The SMILES string of the molecule is CCOC(=O)[C@@H]1[C@H]2C(=O)N([C@@H](CO)CC(C)C)C(C(=O)NCn3nnc4ccccc43)C23S[C@@H]1CC3C. The summed E-state index contributed by atoms with van der Waals surface area (Å²) >= 11 is 1.60. The van der Waals surface area contributed by atoms with Gasteiger partial charge in [0.15, 0.2) is 0 Å². The Morgan fingerprint density at radius 3 is 2.78 bits per heavy atom. The molecule has 1 aromatic carbocycles. The molecule has 3 unspecified atom stereocenters. The van der Waals surface area contributed by atoms with E-state index in [4.69, 9.17) is 4.74 Å². The number of aliphatic hydroxyl groups is 1. The van der Waals surface area contributed by atoms with E-state index < -0.39 is 28.7 Å². The van der Waals surface area contributed by atoms with Crippen LogP contribution in [-0.4, -0.2) is 78.1 Å². The third kappa shape index (κ3) is 4.01. The average molecular weight is 530 g/mol. The van der Waals surface area contributed by atoms with Gasteiger partial charge in [0.2, 0.25) is 11.8 Å². The number of benzene rings is 1. The number of rotatable bonds is 9. The zero-order valence-electron chi connectivity index (χ0n) is 21.7. The van der Waals surface area contributed by atoms with Crippen molar-refractivity contribution in [3.63, 3.8) is 0 Å². The number of nitrogens with one attached hydrogen (secondary N) is 1. The van der Waals surface area contributed by atoms with Gasteiger partial charge in [-0.3, -0.25) is 14.4 Å². The van der Waals surface area contributed by atoms with Crippen LogP contribution in [-0.2, 0) is 25.8 Å². The molecular formula is C26H35N5O5S. The van der Waals surface area contributed by atoms with E-state index in [2.05, 4.69) is 22.6 Å². The highest BCUT2D eigenvalue weighted by Crippen LogP contribution is 2.69. The summed E-state index contributed by atoms with van der Waals surface area (Å²) < 4.78 is 6.25. The van der Waals surface area contributed by atoms with Crippen LogP contribution in [0.5, 0.6) is 0 Å². The van der Waals surface area contributed by atoms with Crippen molar-refractivity contribution in [3.05, 3.63) is 24.3 Å². The minimum Gasteiger partial charge on any atom is -0.466 e. The van der Waals surface area contributed by atoms with E-state index in [-0.39, 0.29) is 54.8 Å². The Balaban J connectivity index is 1.51.